The lowest BCUT2D eigenvalue weighted by Gasteiger charge is -2.09. The fourth-order valence-electron chi connectivity index (χ4n) is 2.91. The van der Waals surface area contributed by atoms with E-state index in [1.807, 2.05) is 35.2 Å². The number of pyridine rings is 1. The van der Waals surface area contributed by atoms with Gasteiger partial charge in [0, 0.05) is 42.5 Å². The fraction of sp³-hybridized carbons (Fsp3) is 0.278. The zero-order valence-electron chi connectivity index (χ0n) is 13.8. The molecule has 1 N–H and O–H groups in total. The van der Waals surface area contributed by atoms with Crippen LogP contribution in [0.4, 0.5) is 5.95 Å². The van der Waals surface area contributed by atoms with Gasteiger partial charge in [-0.05, 0) is 30.4 Å². The largest absolute Gasteiger partial charge is 0.352 e. The van der Waals surface area contributed by atoms with E-state index in [0.717, 1.165) is 28.7 Å². The van der Waals surface area contributed by atoms with Crippen molar-refractivity contribution in [2.75, 3.05) is 11.9 Å². The van der Waals surface area contributed by atoms with Crippen molar-refractivity contribution in [3.8, 4) is 11.1 Å². The van der Waals surface area contributed by atoms with Crippen molar-refractivity contribution in [1.82, 2.24) is 29.5 Å². The van der Waals surface area contributed by atoms with Crippen LogP contribution >= 0.6 is 0 Å². The topological polar surface area (TPSA) is 80.9 Å². The molecule has 0 bridgehead atoms. The van der Waals surface area contributed by atoms with Crippen LogP contribution in [0.1, 0.15) is 19.8 Å². The summed E-state index contributed by atoms with van der Waals surface area (Å²) in [7, 11) is 0. The van der Waals surface area contributed by atoms with E-state index in [2.05, 4.69) is 37.3 Å². The predicted octanol–water partition coefficient (Wildman–Crippen LogP) is 2.95. The van der Waals surface area contributed by atoms with Crippen LogP contribution in [0.15, 0.2) is 43.1 Å². The summed E-state index contributed by atoms with van der Waals surface area (Å²) < 4.78 is 1.85. The van der Waals surface area contributed by atoms with Crippen LogP contribution in [0, 0.1) is 5.41 Å². The molecule has 1 aliphatic rings. The van der Waals surface area contributed by atoms with Gasteiger partial charge in [-0.3, -0.25) is 4.98 Å². The van der Waals surface area contributed by atoms with Crippen LogP contribution in [0.25, 0.3) is 27.8 Å². The third kappa shape index (κ3) is 2.57. The summed E-state index contributed by atoms with van der Waals surface area (Å²) in [6, 6.07) is 4.01. The molecule has 1 fully saturated rings. The van der Waals surface area contributed by atoms with Crippen LogP contribution in [0.2, 0.25) is 0 Å². The van der Waals surface area contributed by atoms with Crippen molar-refractivity contribution in [3.05, 3.63) is 43.1 Å². The van der Waals surface area contributed by atoms with E-state index in [0.29, 0.717) is 17.0 Å². The van der Waals surface area contributed by atoms with E-state index in [9.17, 15) is 0 Å². The Kier molecular flexibility index (Phi) is 2.97. The minimum atomic E-state index is 0.415. The second-order valence-corrected chi connectivity index (χ2v) is 6.93. The van der Waals surface area contributed by atoms with Gasteiger partial charge in [-0.1, -0.05) is 6.92 Å². The minimum absolute atomic E-state index is 0.415. The first-order valence-corrected chi connectivity index (χ1v) is 8.36. The Hall–Kier alpha value is -3.09. The summed E-state index contributed by atoms with van der Waals surface area (Å²) in [5, 5.41) is 7.90. The summed E-state index contributed by atoms with van der Waals surface area (Å²) in [6.07, 6.45) is 11.5. The highest BCUT2D eigenvalue weighted by molar-refractivity contribution is 5.84. The van der Waals surface area contributed by atoms with E-state index in [1.54, 1.807) is 12.4 Å². The SMILES string of the molecule is CC1(CNc2ncc3c(-c4cnc5nccnc5c4)ccn3n2)CC1. The van der Waals surface area contributed by atoms with E-state index in [1.165, 1.54) is 12.8 Å². The second-order valence-electron chi connectivity index (χ2n) is 6.93. The molecule has 0 unspecified atom stereocenters. The van der Waals surface area contributed by atoms with Gasteiger partial charge >= 0.3 is 0 Å². The molecule has 4 aromatic rings. The molecule has 7 heteroatoms. The van der Waals surface area contributed by atoms with Crippen molar-refractivity contribution in [2.45, 2.75) is 19.8 Å². The van der Waals surface area contributed by atoms with E-state index < -0.39 is 0 Å². The normalized spacial score (nSPS) is 15.6. The summed E-state index contributed by atoms with van der Waals surface area (Å²) >= 11 is 0. The lowest BCUT2D eigenvalue weighted by atomic mass is 10.1. The molecule has 0 atom stereocenters. The second kappa shape index (κ2) is 5.20. The van der Waals surface area contributed by atoms with Crippen LogP contribution in [0.3, 0.4) is 0 Å². The summed E-state index contributed by atoms with van der Waals surface area (Å²) in [6.45, 7) is 3.20. The highest BCUT2D eigenvalue weighted by Crippen LogP contribution is 2.44. The number of rotatable bonds is 4. The van der Waals surface area contributed by atoms with Crippen molar-refractivity contribution >= 4 is 22.6 Å². The van der Waals surface area contributed by atoms with E-state index >= 15 is 0 Å². The maximum atomic E-state index is 4.56. The fourth-order valence-corrected chi connectivity index (χ4v) is 2.91. The first-order chi connectivity index (χ1) is 12.2. The molecule has 1 aliphatic carbocycles. The molecule has 4 heterocycles. The van der Waals surface area contributed by atoms with Crippen molar-refractivity contribution in [2.24, 2.45) is 5.41 Å². The number of hydrogen-bond acceptors (Lipinski definition) is 6. The Bertz CT molecular complexity index is 1080. The number of fused-ring (bicyclic) bond motifs is 2. The maximum Gasteiger partial charge on any atom is 0.241 e. The quantitative estimate of drug-likeness (QED) is 0.619. The number of anilines is 1. The first-order valence-electron chi connectivity index (χ1n) is 8.36. The summed E-state index contributed by atoms with van der Waals surface area (Å²) in [5.41, 5.74) is 4.78. The molecule has 5 rings (SSSR count). The zero-order chi connectivity index (χ0) is 16.9. The van der Waals surface area contributed by atoms with E-state index in [-0.39, 0.29) is 0 Å². The zero-order valence-corrected chi connectivity index (χ0v) is 13.8. The molecular weight excluding hydrogens is 314 g/mol. The summed E-state index contributed by atoms with van der Waals surface area (Å²) in [5.74, 6) is 0.658. The molecule has 4 aromatic heterocycles. The van der Waals surface area contributed by atoms with Crippen LogP contribution < -0.4 is 5.32 Å². The Morgan fingerprint density at radius 3 is 2.88 bits per heavy atom. The lowest BCUT2D eigenvalue weighted by molar-refractivity contribution is 0.606. The van der Waals surface area contributed by atoms with Gasteiger partial charge in [-0.15, -0.1) is 5.10 Å². The lowest BCUT2D eigenvalue weighted by Crippen LogP contribution is -2.14. The molecule has 1 saturated carbocycles. The Labute approximate surface area is 144 Å². The molecule has 0 spiro atoms. The highest BCUT2D eigenvalue weighted by Gasteiger charge is 2.36. The standard InChI is InChI=1S/C18H17N7/c1-18(3-4-18)11-23-17-22-10-15-13(2-7-25(15)24-17)12-8-14-16(21-9-12)20-6-5-19-14/h2,5-10H,3-4,11H2,1H3,(H,23,24). The van der Waals surface area contributed by atoms with Gasteiger partial charge < -0.3 is 5.32 Å². The van der Waals surface area contributed by atoms with Gasteiger partial charge in [-0.2, -0.15) is 0 Å². The Balaban J connectivity index is 1.50. The molecule has 7 nitrogen and oxygen atoms in total. The van der Waals surface area contributed by atoms with Crippen LogP contribution in [-0.4, -0.2) is 36.1 Å². The predicted molar refractivity (Wildman–Crippen MR) is 95.1 cm³/mol. The first kappa shape index (κ1) is 14.3. The van der Waals surface area contributed by atoms with Gasteiger partial charge in [0.25, 0.3) is 0 Å². The van der Waals surface area contributed by atoms with Gasteiger partial charge in [0.1, 0.15) is 5.52 Å². The van der Waals surface area contributed by atoms with Gasteiger partial charge in [0.2, 0.25) is 5.95 Å². The molecule has 0 amide bonds. The van der Waals surface area contributed by atoms with E-state index in [4.69, 9.17) is 0 Å². The molecule has 25 heavy (non-hydrogen) atoms. The number of nitrogens with one attached hydrogen (secondary N) is 1. The maximum absolute atomic E-state index is 4.56. The minimum Gasteiger partial charge on any atom is -0.352 e. The smallest absolute Gasteiger partial charge is 0.241 e. The average molecular weight is 331 g/mol. The number of nitrogens with zero attached hydrogens (tertiary/aromatic N) is 6. The molecule has 124 valence electrons. The van der Waals surface area contributed by atoms with Crippen LogP contribution in [-0.2, 0) is 0 Å². The highest BCUT2D eigenvalue weighted by atomic mass is 15.3. The molecule has 0 aromatic carbocycles. The third-order valence-electron chi connectivity index (χ3n) is 4.83. The van der Waals surface area contributed by atoms with Crippen molar-refractivity contribution in [1.29, 1.82) is 0 Å². The van der Waals surface area contributed by atoms with Gasteiger partial charge in [0.05, 0.1) is 11.7 Å². The third-order valence-corrected chi connectivity index (χ3v) is 4.83. The van der Waals surface area contributed by atoms with Gasteiger partial charge in [0.15, 0.2) is 5.65 Å². The molecular formula is C18H17N7. The molecule has 0 radical (unpaired) electrons. The Morgan fingerprint density at radius 2 is 2.00 bits per heavy atom. The average Bonchev–Trinajstić information content (AvgIpc) is 3.24. The Morgan fingerprint density at radius 1 is 1.12 bits per heavy atom. The van der Waals surface area contributed by atoms with Gasteiger partial charge in [-0.25, -0.2) is 19.5 Å². The van der Waals surface area contributed by atoms with Crippen molar-refractivity contribution in [3.63, 3.8) is 0 Å². The van der Waals surface area contributed by atoms with Crippen LogP contribution in [0.5, 0.6) is 0 Å². The monoisotopic (exact) mass is 331 g/mol. The number of hydrogen-bond donors (Lipinski definition) is 1. The molecule has 0 saturated heterocycles. The molecule has 0 aliphatic heterocycles. The van der Waals surface area contributed by atoms with Crippen molar-refractivity contribution < 1.29 is 0 Å². The number of aromatic nitrogens is 6. The summed E-state index contributed by atoms with van der Waals surface area (Å²) in [4.78, 5) is 17.4.